The first kappa shape index (κ1) is 14.4. The lowest BCUT2D eigenvalue weighted by Gasteiger charge is -2.12. The summed E-state index contributed by atoms with van der Waals surface area (Å²) in [6, 6.07) is 11.0. The molecule has 6 nitrogen and oxygen atoms in total. The van der Waals surface area contributed by atoms with E-state index in [2.05, 4.69) is 9.98 Å². The number of rotatable bonds is 3. The van der Waals surface area contributed by atoms with Crippen LogP contribution in [0.15, 0.2) is 65.7 Å². The Morgan fingerprint density at radius 2 is 1.91 bits per heavy atom. The Kier molecular flexibility index (Phi) is 3.74. The molecule has 0 radical (unpaired) electrons. The molecule has 2 N–H and O–H groups in total. The van der Waals surface area contributed by atoms with Gasteiger partial charge >= 0.3 is 10.2 Å². The van der Waals surface area contributed by atoms with E-state index in [0.29, 0.717) is 22.7 Å². The van der Waals surface area contributed by atoms with Gasteiger partial charge in [-0.1, -0.05) is 24.3 Å². The third kappa shape index (κ3) is 3.21. The molecule has 1 aromatic heterocycles. The van der Waals surface area contributed by atoms with Crippen molar-refractivity contribution in [3.8, 4) is 0 Å². The number of nitrogens with two attached hydrogens (primary N) is 1. The number of nitrogens with zero attached hydrogens (tertiary/aromatic N) is 3. The summed E-state index contributed by atoms with van der Waals surface area (Å²) >= 11 is 0. The van der Waals surface area contributed by atoms with Gasteiger partial charge in [0.05, 0.1) is 11.1 Å². The van der Waals surface area contributed by atoms with Gasteiger partial charge in [-0.15, -0.1) is 0 Å². The van der Waals surface area contributed by atoms with Crippen LogP contribution < -0.4 is 15.7 Å². The minimum absolute atomic E-state index is 0.460. The van der Waals surface area contributed by atoms with Crippen molar-refractivity contribution in [3.05, 3.63) is 76.8 Å². The van der Waals surface area contributed by atoms with Gasteiger partial charge in [-0.05, 0) is 17.7 Å². The molecule has 0 fully saturated rings. The largest absolute Gasteiger partial charge is 0.302 e. The minimum atomic E-state index is -3.89. The number of hydrogen-bond donors (Lipinski definition) is 1. The molecule has 112 valence electrons. The summed E-state index contributed by atoms with van der Waals surface area (Å²) in [5.41, 5.74) is 1.52. The third-order valence-corrected chi connectivity index (χ3v) is 3.94. The zero-order valence-corrected chi connectivity index (χ0v) is 12.4. The van der Waals surface area contributed by atoms with E-state index in [1.54, 1.807) is 18.5 Å². The number of allylic oxidation sites excluding steroid dienone is 1. The SMILES string of the molecule is NS(=O)(=O)N1C=C(Cc2cccnc2)N=c2ccccc2=C1. The number of fused-ring (bicyclic) bond motifs is 1. The lowest BCUT2D eigenvalue weighted by molar-refractivity contribution is 0.562. The van der Waals surface area contributed by atoms with Gasteiger partial charge in [0.1, 0.15) is 0 Å². The second kappa shape index (κ2) is 5.70. The minimum Gasteiger partial charge on any atom is -0.264 e. The summed E-state index contributed by atoms with van der Waals surface area (Å²) < 4.78 is 24.4. The first-order valence-corrected chi connectivity index (χ1v) is 8.09. The molecule has 22 heavy (non-hydrogen) atoms. The Hall–Kier alpha value is -2.51. The van der Waals surface area contributed by atoms with Crippen LogP contribution in [0.3, 0.4) is 0 Å². The van der Waals surface area contributed by atoms with Gasteiger partial charge in [-0.3, -0.25) is 9.98 Å². The summed E-state index contributed by atoms with van der Waals surface area (Å²) in [6.45, 7) is 0. The average Bonchev–Trinajstić information content (AvgIpc) is 2.67. The molecule has 7 heteroatoms. The van der Waals surface area contributed by atoms with E-state index in [0.717, 1.165) is 9.87 Å². The van der Waals surface area contributed by atoms with Crippen molar-refractivity contribution in [1.82, 2.24) is 9.29 Å². The van der Waals surface area contributed by atoms with E-state index >= 15 is 0 Å². The molecule has 0 saturated heterocycles. The molecule has 2 heterocycles. The van der Waals surface area contributed by atoms with Crippen molar-refractivity contribution in [2.24, 2.45) is 10.1 Å². The Labute approximate surface area is 128 Å². The Morgan fingerprint density at radius 1 is 1.09 bits per heavy atom. The maximum Gasteiger partial charge on any atom is 0.302 e. The number of pyridine rings is 1. The predicted octanol–water partition coefficient (Wildman–Crippen LogP) is 0.0424. The molecule has 0 aliphatic carbocycles. The van der Waals surface area contributed by atoms with Crippen LogP contribution in [0.1, 0.15) is 5.56 Å². The Balaban J connectivity index is 2.12. The lowest BCUT2D eigenvalue weighted by atomic mass is 10.2. The fourth-order valence-electron chi connectivity index (χ4n) is 2.15. The Bertz CT molecular complexity index is 937. The van der Waals surface area contributed by atoms with Gasteiger partial charge in [0.2, 0.25) is 0 Å². The van der Waals surface area contributed by atoms with Gasteiger partial charge in [-0.25, -0.2) is 9.44 Å². The Morgan fingerprint density at radius 3 is 2.64 bits per heavy atom. The molecule has 1 aliphatic heterocycles. The first-order valence-electron chi connectivity index (χ1n) is 6.59. The molecule has 0 spiro atoms. The maximum atomic E-state index is 11.7. The molecule has 1 aliphatic rings. The van der Waals surface area contributed by atoms with Crippen molar-refractivity contribution in [2.45, 2.75) is 6.42 Å². The summed E-state index contributed by atoms with van der Waals surface area (Å²) in [5, 5.41) is 6.65. The van der Waals surface area contributed by atoms with Crippen molar-refractivity contribution < 1.29 is 8.42 Å². The van der Waals surface area contributed by atoms with E-state index in [4.69, 9.17) is 5.14 Å². The molecule has 1 aromatic carbocycles. The van der Waals surface area contributed by atoms with Crippen LogP contribution in [0.2, 0.25) is 0 Å². The monoisotopic (exact) mass is 314 g/mol. The first-order chi connectivity index (χ1) is 10.5. The topological polar surface area (TPSA) is 88.7 Å². The van der Waals surface area contributed by atoms with Crippen LogP contribution in [-0.2, 0) is 16.6 Å². The lowest BCUT2D eigenvalue weighted by Crippen LogP contribution is -2.32. The normalized spacial score (nSPS) is 14.2. The predicted molar refractivity (Wildman–Crippen MR) is 82.7 cm³/mol. The molecule has 0 amide bonds. The highest BCUT2D eigenvalue weighted by Crippen LogP contribution is 2.11. The molecule has 3 rings (SSSR count). The van der Waals surface area contributed by atoms with E-state index in [9.17, 15) is 8.42 Å². The summed E-state index contributed by atoms with van der Waals surface area (Å²) in [6.07, 6.45) is 6.76. The van der Waals surface area contributed by atoms with Gasteiger partial charge in [0.15, 0.2) is 0 Å². The van der Waals surface area contributed by atoms with Crippen LogP contribution >= 0.6 is 0 Å². The van der Waals surface area contributed by atoms with Crippen molar-refractivity contribution in [2.75, 3.05) is 0 Å². The van der Waals surface area contributed by atoms with Gasteiger partial charge in [-0.2, -0.15) is 8.42 Å². The molecule has 0 saturated carbocycles. The van der Waals surface area contributed by atoms with Crippen LogP contribution in [0.5, 0.6) is 0 Å². The second-order valence-corrected chi connectivity index (χ2v) is 6.28. The van der Waals surface area contributed by atoms with Crippen LogP contribution in [-0.4, -0.2) is 17.7 Å². The van der Waals surface area contributed by atoms with E-state index in [1.165, 1.54) is 12.4 Å². The quantitative estimate of drug-likeness (QED) is 0.867. The zero-order valence-electron chi connectivity index (χ0n) is 11.6. The second-order valence-electron chi connectivity index (χ2n) is 4.83. The van der Waals surface area contributed by atoms with Gasteiger partial charge in [0.25, 0.3) is 0 Å². The molecule has 0 atom stereocenters. The van der Waals surface area contributed by atoms with E-state index in [1.807, 2.05) is 30.3 Å². The molecule has 0 unspecified atom stereocenters. The highest BCUT2D eigenvalue weighted by Gasteiger charge is 2.14. The highest BCUT2D eigenvalue weighted by atomic mass is 32.2. The number of benzene rings is 1. The fourth-order valence-corrected chi connectivity index (χ4v) is 2.68. The molecular weight excluding hydrogens is 300 g/mol. The van der Waals surface area contributed by atoms with Crippen LogP contribution in [0.25, 0.3) is 6.20 Å². The number of aromatic nitrogens is 1. The van der Waals surface area contributed by atoms with E-state index < -0.39 is 10.2 Å². The molecular formula is C15H14N4O2S. The number of hydrogen-bond acceptors (Lipinski definition) is 4. The van der Waals surface area contributed by atoms with Crippen molar-refractivity contribution in [1.29, 1.82) is 0 Å². The third-order valence-electron chi connectivity index (χ3n) is 3.15. The van der Waals surface area contributed by atoms with Gasteiger partial charge in [0, 0.05) is 36.4 Å². The standard InChI is InChI=1S/C15H14N4O2S/c16-22(20,21)19-10-13-5-1-2-6-15(13)18-14(11-19)8-12-4-3-7-17-9-12/h1-7,9-11H,8H2,(H2,16,20,21). The summed E-state index contributed by atoms with van der Waals surface area (Å²) in [4.78, 5) is 8.59. The van der Waals surface area contributed by atoms with Crippen LogP contribution in [0.4, 0.5) is 0 Å². The van der Waals surface area contributed by atoms with Gasteiger partial charge < -0.3 is 0 Å². The molecule has 0 bridgehead atoms. The van der Waals surface area contributed by atoms with E-state index in [-0.39, 0.29) is 0 Å². The smallest absolute Gasteiger partial charge is 0.264 e. The maximum absolute atomic E-state index is 11.7. The molecule has 2 aromatic rings. The average molecular weight is 314 g/mol. The fraction of sp³-hybridized carbons (Fsp3) is 0.0667. The zero-order chi connectivity index (χ0) is 15.6. The van der Waals surface area contributed by atoms with Crippen molar-refractivity contribution in [3.63, 3.8) is 0 Å². The summed E-state index contributed by atoms with van der Waals surface area (Å²) in [7, 11) is -3.89. The highest BCUT2D eigenvalue weighted by molar-refractivity contribution is 7.87. The number of para-hydroxylation sites is 1. The summed E-state index contributed by atoms with van der Waals surface area (Å²) in [5.74, 6) is 0. The van der Waals surface area contributed by atoms with Crippen LogP contribution in [0, 0.1) is 0 Å². The van der Waals surface area contributed by atoms with Crippen molar-refractivity contribution >= 4 is 16.4 Å².